The van der Waals surface area contributed by atoms with Crippen molar-refractivity contribution in [2.24, 2.45) is 0 Å². The van der Waals surface area contributed by atoms with Gasteiger partial charge in [0.15, 0.2) is 6.10 Å². The second-order valence-corrected chi connectivity index (χ2v) is 5.42. The molecule has 1 atom stereocenters. The molecule has 0 radical (unpaired) electrons. The first-order valence-corrected chi connectivity index (χ1v) is 6.97. The molecule has 1 saturated carbocycles. The predicted molar refractivity (Wildman–Crippen MR) is 73.0 cm³/mol. The summed E-state index contributed by atoms with van der Waals surface area (Å²) < 4.78 is 5.91. The van der Waals surface area contributed by atoms with Crippen LogP contribution in [0.3, 0.4) is 0 Å². The van der Waals surface area contributed by atoms with Crippen LogP contribution in [-0.2, 0) is 11.3 Å². The lowest BCUT2D eigenvalue weighted by Gasteiger charge is -2.16. The number of likely N-dealkylation sites (tertiary alicyclic amines) is 1. The number of ether oxygens (including phenoxy) is 1. The lowest BCUT2D eigenvalue weighted by atomic mass is 10.2. The number of nitrogens with zero attached hydrogens (tertiary/aromatic N) is 1. The second-order valence-electron chi connectivity index (χ2n) is 5.42. The molecule has 1 aliphatic heterocycles. The van der Waals surface area contributed by atoms with Crippen LogP contribution in [0.15, 0.2) is 24.3 Å². The van der Waals surface area contributed by atoms with E-state index in [0.29, 0.717) is 6.04 Å². The molecule has 1 heterocycles. The third-order valence-electron chi connectivity index (χ3n) is 3.78. The van der Waals surface area contributed by atoms with Crippen molar-refractivity contribution >= 4 is 5.91 Å². The number of hydrogen-bond acceptors (Lipinski definition) is 3. The van der Waals surface area contributed by atoms with Crippen molar-refractivity contribution in [3.05, 3.63) is 29.8 Å². The van der Waals surface area contributed by atoms with Crippen molar-refractivity contribution in [1.82, 2.24) is 10.2 Å². The number of likely N-dealkylation sites (N-methyl/N-ethyl adjacent to an activating group) is 1. The molecule has 1 aromatic carbocycles. The Labute approximate surface area is 113 Å². The maximum atomic E-state index is 11.9. The molecule has 0 aromatic heterocycles. The zero-order valence-corrected chi connectivity index (χ0v) is 11.3. The van der Waals surface area contributed by atoms with E-state index in [1.807, 2.05) is 25.2 Å². The molecule has 4 heteroatoms. The van der Waals surface area contributed by atoms with Gasteiger partial charge in [-0.3, -0.25) is 4.79 Å². The number of nitrogens with one attached hydrogen (secondary N) is 1. The van der Waals surface area contributed by atoms with E-state index in [4.69, 9.17) is 4.74 Å². The number of rotatable bonds is 5. The van der Waals surface area contributed by atoms with Crippen LogP contribution in [-0.4, -0.2) is 36.5 Å². The summed E-state index contributed by atoms with van der Waals surface area (Å²) in [7, 11) is 1.83. The summed E-state index contributed by atoms with van der Waals surface area (Å²) in [5, 5.41) is 3.48. The fourth-order valence-electron chi connectivity index (χ4n) is 2.36. The molecule has 4 nitrogen and oxygen atoms in total. The lowest BCUT2D eigenvalue weighted by molar-refractivity contribution is -0.132. The number of para-hydroxylation sites is 1. The molecule has 102 valence electrons. The van der Waals surface area contributed by atoms with Gasteiger partial charge in [0.25, 0.3) is 5.91 Å². The average molecular weight is 260 g/mol. The summed E-state index contributed by atoms with van der Waals surface area (Å²) in [5.41, 5.74) is 1.14. The number of carbonyl (C=O) groups excluding carboxylic acids is 1. The van der Waals surface area contributed by atoms with Crippen molar-refractivity contribution in [3.8, 4) is 5.75 Å². The van der Waals surface area contributed by atoms with Crippen LogP contribution in [0, 0.1) is 0 Å². The molecule has 1 aromatic rings. The molecule has 0 bridgehead atoms. The zero-order chi connectivity index (χ0) is 13.2. The van der Waals surface area contributed by atoms with Crippen LogP contribution in [0.25, 0.3) is 0 Å². The Bertz CT molecular complexity index is 471. The van der Waals surface area contributed by atoms with Crippen molar-refractivity contribution in [2.75, 3.05) is 13.6 Å². The fourth-order valence-corrected chi connectivity index (χ4v) is 2.36. The van der Waals surface area contributed by atoms with Crippen LogP contribution < -0.4 is 10.1 Å². The summed E-state index contributed by atoms with van der Waals surface area (Å²) in [6, 6.07) is 8.66. The summed E-state index contributed by atoms with van der Waals surface area (Å²) in [4.78, 5) is 13.6. The molecule has 3 rings (SSSR count). The molecule has 1 saturated heterocycles. The topological polar surface area (TPSA) is 41.6 Å². The van der Waals surface area contributed by atoms with E-state index in [1.165, 1.54) is 12.8 Å². The molecule has 2 aliphatic rings. The molecule has 1 N–H and O–H groups in total. The van der Waals surface area contributed by atoms with E-state index >= 15 is 0 Å². The van der Waals surface area contributed by atoms with Gasteiger partial charge in [0.2, 0.25) is 0 Å². The molecule has 1 amide bonds. The first kappa shape index (κ1) is 12.5. The Morgan fingerprint density at radius 3 is 2.79 bits per heavy atom. The second kappa shape index (κ2) is 5.21. The Balaban J connectivity index is 1.67. The van der Waals surface area contributed by atoms with Crippen LogP contribution in [0.1, 0.15) is 24.8 Å². The van der Waals surface area contributed by atoms with Gasteiger partial charge >= 0.3 is 0 Å². The third kappa shape index (κ3) is 2.89. The van der Waals surface area contributed by atoms with Gasteiger partial charge in [0.1, 0.15) is 5.75 Å². The van der Waals surface area contributed by atoms with E-state index in [9.17, 15) is 4.79 Å². The molecule has 0 spiro atoms. The number of amides is 1. The Kier molecular flexibility index (Phi) is 3.42. The van der Waals surface area contributed by atoms with Crippen LogP contribution in [0.2, 0.25) is 0 Å². The smallest absolute Gasteiger partial charge is 0.263 e. The van der Waals surface area contributed by atoms with E-state index in [2.05, 4.69) is 11.4 Å². The minimum Gasteiger partial charge on any atom is -0.480 e. The molecule has 2 fully saturated rings. The SMILES string of the molecule is CN1CCC(Oc2ccccc2CNC2CC2)C1=O. The number of carbonyl (C=O) groups is 1. The summed E-state index contributed by atoms with van der Waals surface area (Å²) in [5.74, 6) is 0.925. The van der Waals surface area contributed by atoms with Crippen LogP contribution >= 0.6 is 0 Å². The van der Waals surface area contributed by atoms with Crippen molar-refractivity contribution in [3.63, 3.8) is 0 Å². The minimum absolute atomic E-state index is 0.0879. The summed E-state index contributed by atoms with van der Waals surface area (Å²) in [6.07, 6.45) is 3.01. The Hall–Kier alpha value is -1.55. The van der Waals surface area contributed by atoms with E-state index in [-0.39, 0.29) is 12.0 Å². The Morgan fingerprint density at radius 1 is 1.32 bits per heavy atom. The number of benzene rings is 1. The molecule has 19 heavy (non-hydrogen) atoms. The van der Waals surface area contributed by atoms with E-state index < -0.39 is 0 Å². The lowest BCUT2D eigenvalue weighted by Crippen LogP contribution is -2.29. The number of hydrogen-bond donors (Lipinski definition) is 1. The maximum absolute atomic E-state index is 11.9. The quantitative estimate of drug-likeness (QED) is 0.873. The van der Waals surface area contributed by atoms with Crippen molar-refractivity contribution in [1.29, 1.82) is 0 Å². The highest BCUT2D eigenvalue weighted by Gasteiger charge is 2.31. The van der Waals surface area contributed by atoms with Gasteiger partial charge in [0, 0.05) is 38.2 Å². The van der Waals surface area contributed by atoms with Gasteiger partial charge in [-0.05, 0) is 18.9 Å². The average Bonchev–Trinajstić information content (AvgIpc) is 3.20. The van der Waals surface area contributed by atoms with E-state index in [1.54, 1.807) is 4.90 Å². The van der Waals surface area contributed by atoms with Crippen molar-refractivity contribution in [2.45, 2.75) is 38.0 Å². The van der Waals surface area contributed by atoms with Gasteiger partial charge in [-0.2, -0.15) is 0 Å². The molecule has 1 unspecified atom stereocenters. The standard InChI is InChI=1S/C15H20N2O2/c1-17-9-8-14(15(17)18)19-13-5-3-2-4-11(13)10-16-12-6-7-12/h2-5,12,14,16H,6-10H2,1H3. The maximum Gasteiger partial charge on any atom is 0.263 e. The molecular formula is C15H20N2O2. The van der Waals surface area contributed by atoms with Crippen LogP contribution in [0.5, 0.6) is 5.75 Å². The third-order valence-corrected chi connectivity index (χ3v) is 3.78. The highest BCUT2D eigenvalue weighted by atomic mass is 16.5. The van der Waals surface area contributed by atoms with Gasteiger partial charge < -0.3 is 15.0 Å². The fraction of sp³-hybridized carbons (Fsp3) is 0.533. The van der Waals surface area contributed by atoms with Gasteiger partial charge in [-0.15, -0.1) is 0 Å². The zero-order valence-electron chi connectivity index (χ0n) is 11.3. The first-order valence-electron chi connectivity index (χ1n) is 6.97. The minimum atomic E-state index is -0.313. The van der Waals surface area contributed by atoms with Gasteiger partial charge in [0.05, 0.1) is 0 Å². The van der Waals surface area contributed by atoms with Crippen LogP contribution in [0.4, 0.5) is 0 Å². The van der Waals surface area contributed by atoms with Gasteiger partial charge in [-0.25, -0.2) is 0 Å². The van der Waals surface area contributed by atoms with E-state index in [0.717, 1.165) is 30.8 Å². The van der Waals surface area contributed by atoms with Gasteiger partial charge in [-0.1, -0.05) is 18.2 Å². The highest BCUT2D eigenvalue weighted by Crippen LogP contribution is 2.25. The van der Waals surface area contributed by atoms with Crippen molar-refractivity contribution < 1.29 is 9.53 Å². The Morgan fingerprint density at radius 2 is 2.11 bits per heavy atom. The predicted octanol–water partition coefficient (Wildman–Crippen LogP) is 1.55. The first-order chi connectivity index (χ1) is 9.24. The largest absolute Gasteiger partial charge is 0.480 e. The highest BCUT2D eigenvalue weighted by molar-refractivity contribution is 5.83. The normalized spacial score (nSPS) is 22.9. The molecule has 1 aliphatic carbocycles. The molecular weight excluding hydrogens is 240 g/mol. The monoisotopic (exact) mass is 260 g/mol. The summed E-state index contributed by atoms with van der Waals surface area (Å²) in [6.45, 7) is 1.60. The summed E-state index contributed by atoms with van der Waals surface area (Å²) >= 11 is 0.